The quantitative estimate of drug-likeness (QED) is 0.489. The van der Waals surface area contributed by atoms with Crippen molar-refractivity contribution in [1.82, 2.24) is 0 Å². The fraction of sp³-hybridized carbons (Fsp3) is 1.00. The minimum Gasteiger partial charge on any atom is -0.390 e. The lowest BCUT2D eigenvalue weighted by molar-refractivity contribution is -0.157. The molecule has 0 bridgehead atoms. The van der Waals surface area contributed by atoms with Crippen molar-refractivity contribution in [3.8, 4) is 0 Å². The maximum atomic E-state index is 9.64. The fourth-order valence-corrected chi connectivity index (χ4v) is 1.75. The van der Waals surface area contributed by atoms with Gasteiger partial charge >= 0.3 is 0 Å². The fourth-order valence-electron chi connectivity index (χ4n) is 1.75. The average molecular weight is 174 g/mol. The molecule has 0 amide bonds. The molecule has 1 aliphatic rings. The van der Waals surface area contributed by atoms with E-state index in [4.69, 9.17) is 0 Å². The summed E-state index contributed by atoms with van der Waals surface area (Å²) < 4.78 is 0. The van der Waals surface area contributed by atoms with Gasteiger partial charge in [-0.25, -0.2) is 0 Å². The van der Waals surface area contributed by atoms with Crippen LogP contribution in [0.2, 0.25) is 0 Å². The van der Waals surface area contributed by atoms with E-state index in [0.717, 1.165) is 0 Å². The Hall–Kier alpha value is -0.120. The van der Waals surface area contributed by atoms with Gasteiger partial charge in [0, 0.05) is 0 Å². The second-order valence-corrected chi connectivity index (χ2v) is 4.46. The number of aliphatic hydroxyl groups excluding tert-OH is 3. The molecule has 1 fully saturated rings. The Bertz CT molecular complexity index is 167. The molecule has 0 saturated heterocycles. The second kappa shape index (κ2) is 2.98. The van der Waals surface area contributed by atoms with Crippen LogP contribution in [0.1, 0.15) is 27.2 Å². The maximum Gasteiger partial charge on any atom is 0.106 e. The van der Waals surface area contributed by atoms with Crippen molar-refractivity contribution in [1.29, 1.82) is 0 Å². The topological polar surface area (TPSA) is 60.7 Å². The zero-order chi connectivity index (χ0) is 9.52. The molecule has 0 aromatic heterocycles. The van der Waals surface area contributed by atoms with Crippen molar-refractivity contribution in [3.63, 3.8) is 0 Å². The Morgan fingerprint density at radius 2 is 1.67 bits per heavy atom. The van der Waals surface area contributed by atoms with Crippen LogP contribution in [0.4, 0.5) is 0 Å². The highest BCUT2D eigenvalue weighted by molar-refractivity contribution is 4.96. The summed E-state index contributed by atoms with van der Waals surface area (Å²) in [5.74, 6) is 0.228. The Labute approximate surface area is 73.0 Å². The van der Waals surface area contributed by atoms with Crippen LogP contribution in [0.3, 0.4) is 0 Å². The van der Waals surface area contributed by atoms with Crippen LogP contribution in [0.25, 0.3) is 0 Å². The van der Waals surface area contributed by atoms with Gasteiger partial charge in [0.05, 0.1) is 12.2 Å². The van der Waals surface area contributed by atoms with E-state index in [2.05, 4.69) is 0 Å². The van der Waals surface area contributed by atoms with E-state index < -0.39 is 18.3 Å². The van der Waals surface area contributed by atoms with E-state index in [1.165, 1.54) is 0 Å². The van der Waals surface area contributed by atoms with Crippen LogP contribution in [0, 0.1) is 11.3 Å². The van der Waals surface area contributed by atoms with Crippen molar-refractivity contribution in [2.24, 2.45) is 11.3 Å². The van der Waals surface area contributed by atoms with Crippen molar-refractivity contribution in [2.75, 3.05) is 0 Å². The maximum absolute atomic E-state index is 9.64. The summed E-state index contributed by atoms with van der Waals surface area (Å²) in [7, 11) is 0. The molecule has 3 N–H and O–H groups in total. The standard InChI is InChI=1S/C9H18O3/c1-5-4-6(10)7(11)8(12)9(5,2)3/h5-8,10-12H,4H2,1-3H3/t5-,6-,7-,8-/m0/s1. The summed E-state index contributed by atoms with van der Waals surface area (Å²) in [5.41, 5.74) is -0.307. The first-order valence-electron chi connectivity index (χ1n) is 4.41. The Morgan fingerprint density at radius 3 is 2.17 bits per heavy atom. The van der Waals surface area contributed by atoms with Gasteiger partial charge in [0.15, 0.2) is 0 Å². The molecular weight excluding hydrogens is 156 g/mol. The number of hydrogen-bond donors (Lipinski definition) is 3. The van der Waals surface area contributed by atoms with Crippen molar-refractivity contribution < 1.29 is 15.3 Å². The molecule has 1 rings (SSSR count). The van der Waals surface area contributed by atoms with E-state index >= 15 is 0 Å². The second-order valence-electron chi connectivity index (χ2n) is 4.46. The lowest BCUT2D eigenvalue weighted by Crippen LogP contribution is -2.54. The first-order chi connectivity index (χ1) is 5.37. The molecule has 0 aromatic carbocycles. The summed E-state index contributed by atoms with van der Waals surface area (Å²) >= 11 is 0. The first kappa shape index (κ1) is 9.96. The van der Waals surface area contributed by atoms with Gasteiger partial charge < -0.3 is 15.3 Å². The normalized spacial score (nSPS) is 47.5. The van der Waals surface area contributed by atoms with Gasteiger partial charge in [0.25, 0.3) is 0 Å². The molecule has 4 atom stereocenters. The minimum absolute atomic E-state index is 0.228. The van der Waals surface area contributed by atoms with Gasteiger partial charge in [0.1, 0.15) is 6.10 Å². The van der Waals surface area contributed by atoms with E-state index in [1.54, 1.807) is 0 Å². The van der Waals surface area contributed by atoms with Gasteiger partial charge in [0.2, 0.25) is 0 Å². The summed E-state index contributed by atoms with van der Waals surface area (Å²) in [4.78, 5) is 0. The number of hydrogen-bond acceptors (Lipinski definition) is 3. The molecule has 0 heterocycles. The molecule has 0 unspecified atom stereocenters. The molecule has 12 heavy (non-hydrogen) atoms. The van der Waals surface area contributed by atoms with Crippen LogP contribution in [0.15, 0.2) is 0 Å². The Morgan fingerprint density at radius 1 is 1.17 bits per heavy atom. The van der Waals surface area contributed by atoms with Gasteiger partial charge in [-0.1, -0.05) is 20.8 Å². The Kier molecular flexibility index (Phi) is 2.47. The van der Waals surface area contributed by atoms with Crippen molar-refractivity contribution in [2.45, 2.75) is 45.5 Å². The molecule has 1 aliphatic carbocycles. The highest BCUT2D eigenvalue weighted by atomic mass is 16.4. The summed E-state index contributed by atoms with van der Waals surface area (Å²) in [6.07, 6.45) is -2.03. The van der Waals surface area contributed by atoms with E-state index in [1.807, 2.05) is 20.8 Å². The molecule has 0 aromatic rings. The predicted molar refractivity (Wildman–Crippen MR) is 45.6 cm³/mol. The molecular formula is C9H18O3. The summed E-state index contributed by atoms with van der Waals surface area (Å²) in [6, 6.07) is 0. The van der Waals surface area contributed by atoms with Gasteiger partial charge in [-0.15, -0.1) is 0 Å². The van der Waals surface area contributed by atoms with Crippen LogP contribution in [0.5, 0.6) is 0 Å². The predicted octanol–water partition coefficient (Wildman–Crippen LogP) is 0.135. The third-order valence-corrected chi connectivity index (χ3v) is 3.35. The monoisotopic (exact) mass is 174 g/mol. The lowest BCUT2D eigenvalue weighted by atomic mass is 9.66. The number of rotatable bonds is 0. The highest BCUT2D eigenvalue weighted by Gasteiger charge is 2.45. The van der Waals surface area contributed by atoms with E-state index in [0.29, 0.717) is 6.42 Å². The third kappa shape index (κ3) is 1.37. The largest absolute Gasteiger partial charge is 0.390 e. The van der Waals surface area contributed by atoms with Crippen molar-refractivity contribution >= 4 is 0 Å². The summed E-state index contributed by atoms with van der Waals surface area (Å²) in [5, 5.41) is 28.4. The van der Waals surface area contributed by atoms with Gasteiger partial charge in [-0.3, -0.25) is 0 Å². The average Bonchev–Trinajstić information content (AvgIpc) is 1.99. The smallest absolute Gasteiger partial charge is 0.106 e. The minimum atomic E-state index is -0.990. The molecule has 3 heteroatoms. The van der Waals surface area contributed by atoms with Gasteiger partial charge in [-0.2, -0.15) is 0 Å². The van der Waals surface area contributed by atoms with E-state index in [-0.39, 0.29) is 11.3 Å². The highest BCUT2D eigenvalue weighted by Crippen LogP contribution is 2.40. The Balaban J connectivity index is 2.80. The number of aliphatic hydroxyl groups is 3. The lowest BCUT2D eigenvalue weighted by Gasteiger charge is -2.45. The molecule has 0 aliphatic heterocycles. The van der Waals surface area contributed by atoms with Crippen LogP contribution < -0.4 is 0 Å². The first-order valence-corrected chi connectivity index (χ1v) is 4.41. The summed E-state index contributed by atoms with van der Waals surface area (Å²) in [6.45, 7) is 5.81. The zero-order valence-electron chi connectivity index (χ0n) is 7.86. The van der Waals surface area contributed by atoms with Crippen LogP contribution in [-0.2, 0) is 0 Å². The zero-order valence-corrected chi connectivity index (χ0v) is 7.86. The molecule has 0 spiro atoms. The van der Waals surface area contributed by atoms with Crippen LogP contribution >= 0.6 is 0 Å². The van der Waals surface area contributed by atoms with Gasteiger partial charge in [-0.05, 0) is 17.8 Å². The van der Waals surface area contributed by atoms with E-state index in [9.17, 15) is 15.3 Å². The molecule has 0 radical (unpaired) electrons. The third-order valence-electron chi connectivity index (χ3n) is 3.35. The molecule has 72 valence electrons. The molecule has 3 nitrogen and oxygen atoms in total. The van der Waals surface area contributed by atoms with Crippen LogP contribution in [-0.4, -0.2) is 33.6 Å². The van der Waals surface area contributed by atoms with Crippen molar-refractivity contribution in [3.05, 3.63) is 0 Å². The SMILES string of the molecule is C[C@H]1C[C@H](O)[C@H](O)[C@H](O)C1(C)C. The molecule has 1 saturated carbocycles.